The van der Waals surface area contributed by atoms with Gasteiger partial charge >= 0.3 is 0 Å². The van der Waals surface area contributed by atoms with Gasteiger partial charge in [0.1, 0.15) is 0 Å². The van der Waals surface area contributed by atoms with Crippen LogP contribution in [-0.4, -0.2) is 36.7 Å². The molecular formula is C15H22N2OS. The third kappa shape index (κ3) is 3.74. The summed E-state index contributed by atoms with van der Waals surface area (Å²) in [5, 5.41) is 0. The second-order valence-electron chi connectivity index (χ2n) is 5.07. The Morgan fingerprint density at radius 3 is 2.79 bits per heavy atom. The zero-order valence-electron chi connectivity index (χ0n) is 11.5. The normalized spacial score (nSPS) is 19.5. The summed E-state index contributed by atoms with van der Waals surface area (Å²) >= 11 is 1.69. The first-order valence-corrected chi connectivity index (χ1v) is 8.10. The maximum absolute atomic E-state index is 12.4. The number of amides is 1. The molecule has 1 saturated heterocycles. The largest absolute Gasteiger partial charge is 0.338 e. The smallest absolute Gasteiger partial charge is 0.253 e. The van der Waals surface area contributed by atoms with E-state index in [9.17, 15) is 4.79 Å². The van der Waals surface area contributed by atoms with E-state index >= 15 is 0 Å². The van der Waals surface area contributed by atoms with E-state index in [0.29, 0.717) is 5.92 Å². The molecule has 1 heterocycles. The van der Waals surface area contributed by atoms with Crippen molar-refractivity contribution in [3.05, 3.63) is 29.8 Å². The first-order chi connectivity index (χ1) is 9.24. The van der Waals surface area contributed by atoms with E-state index in [0.717, 1.165) is 38.0 Å². The molecule has 0 radical (unpaired) electrons. The lowest BCUT2D eigenvalue weighted by molar-refractivity contribution is 0.0669. The SMILES string of the molecule is CSc1ccc(C(=O)N2CCCC(CCN)C2)cc1. The molecule has 0 aromatic heterocycles. The molecule has 1 aromatic rings. The van der Waals surface area contributed by atoms with Gasteiger partial charge in [-0.1, -0.05) is 0 Å². The zero-order chi connectivity index (χ0) is 13.7. The number of nitrogens with two attached hydrogens (primary N) is 1. The summed E-state index contributed by atoms with van der Waals surface area (Å²) in [5.74, 6) is 0.738. The lowest BCUT2D eigenvalue weighted by atomic mass is 9.94. The average Bonchev–Trinajstić information content (AvgIpc) is 2.47. The number of hydrogen-bond donors (Lipinski definition) is 1. The van der Waals surface area contributed by atoms with Crippen molar-refractivity contribution in [1.82, 2.24) is 4.90 Å². The maximum atomic E-state index is 12.4. The van der Waals surface area contributed by atoms with Crippen molar-refractivity contribution in [3.63, 3.8) is 0 Å². The van der Waals surface area contributed by atoms with E-state index in [2.05, 4.69) is 0 Å². The van der Waals surface area contributed by atoms with E-state index in [4.69, 9.17) is 5.73 Å². The van der Waals surface area contributed by atoms with Crippen molar-refractivity contribution in [2.75, 3.05) is 25.9 Å². The van der Waals surface area contributed by atoms with Gasteiger partial charge in [-0.2, -0.15) is 0 Å². The number of rotatable bonds is 4. The van der Waals surface area contributed by atoms with Crippen LogP contribution in [0.1, 0.15) is 29.6 Å². The Labute approximate surface area is 119 Å². The molecule has 1 aliphatic rings. The minimum absolute atomic E-state index is 0.161. The second-order valence-corrected chi connectivity index (χ2v) is 5.94. The van der Waals surface area contributed by atoms with Gasteiger partial charge in [-0.3, -0.25) is 4.79 Å². The number of carbonyl (C=O) groups excluding carboxylic acids is 1. The number of carbonyl (C=O) groups is 1. The number of benzene rings is 1. The summed E-state index contributed by atoms with van der Waals surface area (Å²) < 4.78 is 0. The first kappa shape index (κ1) is 14.4. The van der Waals surface area contributed by atoms with Crippen LogP contribution in [0.5, 0.6) is 0 Å². The van der Waals surface area contributed by atoms with Gasteiger partial charge in [-0.25, -0.2) is 0 Å². The van der Waals surface area contributed by atoms with Gasteiger partial charge in [-0.05, 0) is 62.2 Å². The third-order valence-corrected chi connectivity index (χ3v) is 4.46. The minimum Gasteiger partial charge on any atom is -0.338 e. The first-order valence-electron chi connectivity index (χ1n) is 6.88. The van der Waals surface area contributed by atoms with Crippen molar-refractivity contribution < 1.29 is 4.79 Å². The third-order valence-electron chi connectivity index (χ3n) is 3.72. The van der Waals surface area contributed by atoms with Gasteiger partial charge in [0.25, 0.3) is 5.91 Å². The van der Waals surface area contributed by atoms with Crippen LogP contribution in [0.25, 0.3) is 0 Å². The van der Waals surface area contributed by atoms with Crippen LogP contribution >= 0.6 is 11.8 Å². The zero-order valence-corrected chi connectivity index (χ0v) is 12.3. The fourth-order valence-electron chi connectivity index (χ4n) is 2.64. The molecule has 4 heteroatoms. The molecule has 19 heavy (non-hydrogen) atoms. The van der Waals surface area contributed by atoms with Gasteiger partial charge in [-0.15, -0.1) is 11.8 Å². The van der Waals surface area contributed by atoms with Gasteiger partial charge in [0.05, 0.1) is 0 Å². The molecule has 0 bridgehead atoms. The molecule has 1 amide bonds. The summed E-state index contributed by atoms with van der Waals surface area (Å²) in [6, 6.07) is 7.89. The average molecular weight is 278 g/mol. The number of nitrogens with zero attached hydrogens (tertiary/aromatic N) is 1. The van der Waals surface area contributed by atoms with Gasteiger partial charge in [0.15, 0.2) is 0 Å². The van der Waals surface area contributed by atoms with Crippen molar-refractivity contribution >= 4 is 17.7 Å². The number of likely N-dealkylation sites (tertiary alicyclic amines) is 1. The highest BCUT2D eigenvalue weighted by Gasteiger charge is 2.23. The number of thioether (sulfide) groups is 1. The van der Waals surface area contributed by atoms with Crippen LogP contribution in [0.4, 0.5) is 0 Å². The maximum Gasteiger partial charge on any atom is 0.253 e. The molecule has 2 N–H and O–H groups in total. The second kappa shape index (κ2) is 6.96. The molecule has 104 valence electrons. The lowest BCUT2D eigenvalue weighted by Crippen LogP contribution is -2.40. The van der Waals surface area contributed by atoms with Gasteiger partial charge in [0.2, 0.25) is 0 Å². The van der Waals surface area contributed by atoms with E-state index < -0.39 is 0 Å². The Morgan fingerprint density at radius 2 is 2.16 bits per heavy atom. The molecule has 1 fully saturated rings. The Kier molecular flexibility index (Phi) is 5.28. The van der Waals surface area contributed by atoms with Crippen LogP contribution in [0, 0.1) is 5.92 Å². The predicted octanol–water partition coefficient (Wildman–Crippen LogP) is 2.61. The molecule has 1 aliphatic heterocycles. The number of piperidine rings is 1. The molecule has 2 rings (SSSR count). The minimum atomic E-state index is 0.161. The van der Waals surface area contributed by atoms with Crippen LogP contribution < -0.4 is 5.73 Å². The van der Waals surface area contributed by atoms with E-state index in [1.807, 2.05) is 35.4 Å². The monoisotopic (exact) mass is 278 g/mol. The van der Waals surface area contributed by atoms with E-state index in [1.165, 1.54) is 11.3 Å². The van der Waals surface area contributed by atoms with Gasteiger partial charge < -0.3 is 10.6 Å². The summed E-state index contributed by atoms with van der Waals surface area (Å²) in [4.78, 5) is 15.6. The lowest BCUT2D eigenvalue weighted by Gasteiger charge is -2.32. The fraction of sp³-hybridized carbons (Fsp3) is 0.533. The Hall–Kier alpha value is -1.00. The Bertz CT molecular complexity index is 417. The van der Waals surface area contributed by atoms with Crippen LogP contribution in [-0.2, 0) is 0 Å². The molecule has 0 aliphatic carbocycles. The summed E-state index contributed by atoms with van der Waals surface area (Å²) in [5.41, 5.74) is 6.42. The molecular weight excluding hydrogens is 256 g/mol. The highest BCUT2D eigenvalue weighted by molar-refractivity contribution is 7.98. The molecule has 0 saturated carbocycles. The quantitative estimate of drug-likeness (QED) is 0.861. The highest BCUT2D eigenvalue weighted by atomic mass is 32.2. The fourth-order valence-corrected chi connectivity index (χ4v) is 3.05. The standard InChI is InChI=1S/C15H22N2OS/c1-19-14-6-4-13(5-7-14)15(18)17-10-2-3-12(11-17)8-9-16/h4-7,12H,2-3,8-11,16H2,1H3. The summed E-state index contributed by atoms with van der Waals surface area (Å²) in [6.07, 6.45) is 5.36. The molecule has 1 aromatic carbocycles. The van der Waals surface area contributed by atoms with Crippen LogP contribution in [0.3, 0.4) is 0 Å². The van der Waals surface area contributed by atoms with Crippen LogP contribution in [0.2, 0.25) is 0 Å². The highest BCUT2D eigenvalue weighted by Crippen LogP contribution is 2.22. The van der Waals surface area contributed by atoms with Crippen molar-refractivity contribution in [2.24, 2.45) is 11.7 Å². The predicted molar refractivity (Wildman–Crippen MR) is 80.5 cm³/mol. The number of hydrogen-bond acceptors (Lipinski definition) is 3. The molecule has 1 atom stereocenters. The summed E-state index contributed by atoms with van der Waals surface area (Å²) in [6.45, 7) is 2.46. The topological polar surface area (TPSA) is 46.3 Å². The van der Waals surface area contributed by atoms with Crippen molar-refractivity contribution in [1.29, 1.82) is 0 Å². The van der Waals surface area contributed by atoms with Crippen molar-refractivity contribution in [3.8, 4) is 0 Å². The molecule has 1 unspecified atom stereocenters. The molecule has 3 nitrogen and oxygen atoms in total. The van der Waals surface area contributed by atoms with E-state index in [-0.39, 0.29) is 5.91 Å². The Balaban J connectivity index is 2.01. The van der Waals surface area contributed by atoms with Crippen LogP contribution in [0.15, 0.2) is 29.2 Å². The van der Waals surface area contributed by atoms with Crippen molar-refractivity contribution in [2.45, 2.75) is 24.2 Å². The van der Waals surface area contributed by atoms with E-state index in [1.54, 1.807) is 11.8 Å². The van der Waals surface area contributed by atoms with Gasteiger partial charge in [0, 0.05) is 23.5 Å². The summed E-state index contributed by atoms with van der Waals surface area (Å²) in [7, 11) is 0. The Morgan fingerprint density at radius 1 is 1.42 bits per heavy atom. The molecule has 0 spiro atoms.